The van der Waals surface area contributed by atoms with Crippen molar-refractivity contribution >= 4 is 27.8 Å². The lowest BCUT2D eigenvalue weighted by molar-refractivity contribution is 0.0554. The molecule has 1 aliphatic rings. The second-order valence-corrected chi connectivity index (χ2v) is 8.38. The maximum Gasteiger partial charge on any atom is 0.337 e. The number of methoxy groups -OCH3 is 3. The van der Waals surface area contributed by atoms with Gasteiger partial charge in [-0.2, -0.15) is 0 Å². The molecule has 2 heterocycles. The standard InChI is InChI=1S/C25H24BrNO7/c1-30-21-12-16-10-11-27(24(28)20-8-9-23(26)34-20)19(18(16)13-22(21)31-2)14-33-17-6-4-15(5-7-17)25(29)32-3/h4-9,12-13,19H,10-11,14H2,1-3H3. The van der Waals surface area contributed by atoms with Crippen LogP contribution in [0.25, 0.3) is 0 Å². The average molecular weight is 530 g/mol. The van der Waals surface area contributed by atoms with Crippen LogP contribution < -0.4 is 14.2 Å². The van der Waals surface area contributed by atoms with Crippen molar-refractivity contribution in [1.82, 2.24) is 4.90 Å². The monoisotopic (exact) mass is 529 g/mol. The zero-order chi connectivity index (χ0) is 24.2. The number of hydrogen-bond acceptors (Lipinski definition) is 7. The predicted molar refractivity (Wildman–Crippen MR) is 127 cm³/mol. The molecule has 0 fully saturated rings. The lowest BCUT2D eigenvalue weighted by atomic mass is 9.92. The SMILES string of the molecule is COC(=O)c1ccc(OCC2c3cc(OC)c(OC)cc3CCN2C(=O)c2ccc(Br)o2)cc1. The summed E-state index contributed by atoms with van der Waals surface area (Å²) in [5, 5.41) is 0. The molecule has 1 amide bonds. The molecule has 9 heteroatoms. The summed E-state index contributed by atoms with van der Waals surface area (Å²) >= 11 is 3.26. The van der Waals surface area contributed by atoms with E-state index in [-0.39, 0.29) is 18.3 Å². The van der Waals surface area contributed by atoms with Crippen molar-refractivity contribution in [1.29, 1.82) is 0 Å². The number of ether oxygens (including phenoxy) is 4. The number of benzene rings is 2. The van der Waals surface area contributed by atoms with E-state index < -0.39 is 12.0 Å². The van der Waals surface area contributed by atoms with Crippen molar-refractivity contribution in [2.24, 2.45) is 0 Å². The molecule has 0 bridgehead atoms. The predicted octanol–water partition coefficient (Wildman–Crippen LogP) is 4.66. The third kappa shape index (κ3) is 4.75. The van der Waals surface area contributed by atoms with E-state index in [0.29, 0.717) is 40.4 Å². The second-order valence-electron chi connectivity index (χ2n) is 7.60. The van der Waals surface area contributed by atoms with Crippen molar-refractivity contribution in [2.75, 3.05) is 34.5 Å². The van der Waals surface area contributed by atoms with Crippen LogP contribution in [0.1, 0.15) is 38.1 Å². The first kappa shape index (κ1) is 23.7. The molecule has 1 unspecified atom stereocenters. The van der Waals surface area contributed by atoms with Crippen LogP contribution in [0.2, 0.25) is 0 Å². The minimum Gasteiger partial charge on any atom is -0.493 e. The first-order valence-electron chi connectivity index (χ1n) is 10.6. The third-order valence-corrected chi connectivity index (χ3v) is 6.16. The summed E-state index contributed by atoms with van der Waals surface area (Å²) in [6.07, 6.45) is 0.646. The van der Waals surface area contributed by atoms with Gasteiger partial charge in [-0.3, -0.25) is 4.79 Å². The molecule has 1 aromatic heterocycles. The van der Waals surface area contributed by atoms with Crippen molar-refractivity contribution < 1.29 is 33.0 Å². The van der Waals surface area contributed by atoms with Crippen LogP contribution in [-0.2, 0) is 11.2 Å². The summed E-state index contributed by atoms with van der Waals surface area (Å²) in [4.78, 5) is 26.8. The highest BCUT2D eigenvalue weighted by Gasteiger charge is 2.34. The van der Waals surface area contributed by atoms with Gasteiger partial charge in [0.1, 0.15) is 12.4 Å². The average Bonchev–Trinajstić information content (AvgIpc) is 3.31. The Morgan fingerprint density at radius 3 is 2.35 bits per heavy atom. The van der Waals surface area contributed by atoms with Gasteiger partial charge in [-0.05, 0) is 82.0 Å². The molecule has 2 aromatic carbocycles. The summed E-state index contributed by atoms with van der Waals surface area (Å²) in [5.41, 5.74) is 2.39. The topological polar surface area (TPSA) is 87.4 Å². The molecule has 1 aliphatic heterocycles. The Labute approximate surface area is 205 Å². The molecule has 178 valence electrons. The molecule has 0 spiro atoms. The van der Waals surface area contributed by atoms with E-state index in [1.54, 1.807) is 55.5 Å². The molecule has 0 saturated heterocycles. The minimum atomic E-state index is -0.421. The van der Waals surface area contributed by atoms with Crippen LogP contribution in [-0.4, -0.2) is 51.3 Å². The van der Waals surface area contributed by atoms with Gasteiger partial charge in [-0.25, -0.2) is 4.79 Å². The Morgan fingerprint density at radius 2 is 1.74 bits per heavy atom. The summed E-state index contributed by atoms with van der Waals surface area (Å²) in [6.45, 7) is 0.669. The fourth-order valence-corrected chi connectivity index (χ4v) is 4.31. The number of carbonyl (C=O) groups excluding carboxylic acids is 2. The highest BCUT2D eigenvalue weighted by atomic mass is 79.9. The van der Waals surface area contributed by atoms with Crippen LogP contribution in [0.5, 0.6) is 17.2 Å². The first-order chi connectivity index (χ1) is 16.4. The number of esters is 1. The molecule has 0 N–H and O–H groups in total. The molecule has 4 rings (SSSR count). The summed E-state index contributed by atoms with van der Waals surface area (Å²) in [6, 6.07) is 13.4. The van der Waals surface area contributed by atoms with Crippen molar-refractivity contribution in [3.8, 4) is 17.2 Å². The van der Waals surface area contributed by atoms with E-state index in [1.807, 2.05) is 12.1 Å². The van der Waals surface area contributed by atoms with Crippen LogP contribution in [0.15, 0.2) is 57.6 Å². The van der Waals surface area contributed by atoms with Gasteiger partial charge in [-0.1, -0.05) is 0 Å². The van der Waals surface area contributed by atoms with Gasteiger partial charge >= 0.3 is 5.97 Å². The Kier molecular flexibility index (Phi) is 7.12. The summed E-state index contributed by atoms with van der Waals surface area (Å²) in [5.74, 6) is 1.35. The second kappa shape index (κ2) is 10.2. The number of amides is 1. The van der Waals surface area contributed by atoms with Gasteiger partial charge in [-0.15, -0.1) is 0 Å². The van der Waals surface area contributed by atoms with E-state index in [9.17, 15) is 9.59 Å². The summed E-state index contributed by atoms with van der Waals surface area (Å²) in [7, 11) is 4.50. The van der Waals surface area contributed by atoms with Crippen LogP contribution in [0.4, 0.5) is 0 Å². The molecule has 34 heavy (non-hydrogen) atoms. The maximum absolute atomic E-state index is 13.3. The van der Waals surface area contributed by atoms with E-state index in [2.05, 4.69) is 15.9 Å². The lowest BCUT2D eigenvalue weighted by Gasteiger charge is -2.37. The zero-order valence-electron chi connectivity index (χ0n) is 19.0. The molecular formula is C25H24BrNO7. The van der Waals surface area contributed by atoms with Gasteiger partial charge in [0, 0.05) is 6.54 Å². The highest BCUT2D eigenvalue weighted by molar-refractivity contribution is 9.10. The largest absolute Gasteiger partial charge is 0.493 e. The first-order valence-corrected chi connectivity index (χ1v) is 11.4. The van der Waals surface area contributed by atoms with Gasteiger partial charge < -0.3 is 28.3 Å². The number of halogens is 1. The van der Waals surface area contributed by atoms with E-state index >= 15 is 0 Å². The third-order valence-electron chi connectivity index (χ3n) is 5.73. The fraction of sp³-hybridized carbons (Fsp3) is 0.280. The van der Waals surface area contributed by atoms with Gasteiger partial charge in [0.05, 0.1) is 32.9 Å². The normalized spacial score (nSPS) is 14.8. The number of hydrogen-bond donors (Lipinski definition) is 0. The zero-order valence-corrected chi connectivity index (χ0v) is 20.6. The smallest absolute Gasteiger partial charge is 0.337 e. The number of carbonyl (C=O) groups is 2. The molecule has 1 atom stereocenters. The van der Waals surface area contributed by atoms with E-state index in [0.717, 1.165) is 11.1 Å². The molecule has 3 aromatic rings. The van der Waals surface area contributed by atoms with Crippen molar-refractivity contribution in [3.63, 3.8) is 0 Å². The van der Waals surface area contributed by atoms with E-state index in [4.69, 9.17) is 23.4 Å². The number of furan rings is 1. The van der Waals surface area contributed by atoms with Crippen LogP contribution in [0, 0.1) is 0 Å². The molecule has 0 radical (unpaired) electrons. The Morgan fingerprint density at radius 1 is 1.03 bits per heavy atom. The van der Waals surface area contributed by atoms with Crippen LogP contribution in [0.3, 0.4) is 0 Å². The van der Waals surface area contributed by atoms with Gasteiger partial charge in [0.25, 0.3) is 5.91 Å². The number of rotatable bonds is 7. The van der Waals surface area contributed by atoms with Crippen molar-refractivity contribution in [2.45, 2.75) is 12.5 Å². The Bertz CT molecular complexity index is 1190. The molecular weight excluding hydrogens is 506 g/mol. The van der Waals surface area contributed by atoms with Crippen LogP contribution >= 0.6 is 15.9 Å². The minimum absolute atomic E-state index is 0.188. The maximum atomic E-state index is 13.3. The number of fused-ring (bicyclic) bond motifs is 1. The quantitative estimate of drug-likeness (QED) is 0.411. The molecule has 0 saturated carbocycles. The number of nitrogens with zero attached hydrogens (tertiary/aromatic N) is 1. The Balaban J connectivity index is 1.65. The lowest BCUT2D eigenvalue weighted by Crippen LogP contribution is -2.42. The van der Waals surface area contributed by atoms with Gasteiger partial charge in [0.15, 0.2) is 21.9 Å². The van der Waals surface area contributed by atoms with E-state index in [1.165, 1.54) is 7.11 Å². The molecule has 8 nitrogen and oxygen atoms in total. The summed E-state index contributed by atoms with van der Waals surface area (Å²) < 4.78 is 27.8. The van der Waals surface area contributed by atoms with Gasteiger partial charge in [0.2, 0.25) is 0 Å². The highest BCUT2D eigenvalue weighted by Crippen LogP contribution is 2.39. The molecule has 0 aliphatic carbocycles. The van der Waals surface area contributed by atoms with Crippen molar-refractivity contribution in [3.05, 3.63) is 75.7 Å². The fourth-order valence-electron chi connectivity index (χ4n) is 4.00. The Hall–Kier alpha value is -3.46.